The van der Waals surface area contributed by atoms with Gasteiger partial charge in [0.25, 0.3) is 0 Å². The van der Waals surface area contributed by atoms with Gasteiger partial charge in [0.15, 0.2) is 5.82 Å². The van der Waals surface area contributed by atoms with Gasteiger partial charge >= 0.3 is 0 Å². The Bertz CT molecular complexity index is 477. The lowest BCUT2D eigenvalue weighted by Crippen LogP contribution is -1.92. The van der Waals surface area contributed by atoms with Gasteiger partial charge in [0.1, 0.15) is 5.75 Å². The molecule has 0 aliphatic heterocycles. The first-order chi connectivity index (χ1) is 7.66. The summed E-state index contributed by atoms with van der Waals surface area (Å²) in [4.78, 5) is 4.26. The second-order valence-electron chi connectivity index (χ2n) is 4.01. The normalized spacial score (nSPS) is 10.9. The quantitative estimate of drug-likeness (QED) is 0.859. The molecule has 1 N–H and O–H groups in total. The first-order valence-electron chi connectivity index (χ1n) is 5.26. The van der Waals surface area contributed by atoms with E-state index in [1.807, 2.05) is 26.0 Å². The van der Waals surface area contributed by atoms with Crippen LogP contribution in [0.2, 0.25) is 0 Å². The maximum atomic E-state index is 9.60. The first-order valence-corrected chi connectivity index (χ1v) is 5.26. The number of para-hydroxylation sites is 1. The van der Waals surface area contributed by atoms with E-state index in [2.05, 4.69) is 10.1 Å². The molecule has 4 heteroatoms. The van der Waals surface area contributed by atoms with Gasteiger partial charge in [-0.05, 0) is 6.07 Å². The van der Waals surface area contributed by atoms with Crippen molar-refractivity contribution in [3.05, 3.63) is 41.5 Å². The Kier molecular flexibility index (Phi) is 2.90. The van der Waals surface area contributed by atoms with Gasteiger partial charge < -0.3 is 9.63 Å². The van der Waals surface area contributed by atoms with E-state index >= 15 is 0 Å². The van der Waals surface area contributed by atoms with Crippen molar-refractivity contribution in [3.63, 3.8) is 0 Å². The van der Waals surface area contributed by atoms with Crippen LogP contribution >= 0.6 is 0 Å². The summed E-state index contributed by atoms with van der Waals surface area (Å²) in [6.07, 6.45) is 0.465. The molecular formula is C12H14N2O2. The summed E-state index contributed by atoms with van der Waals surface area (Å²) in [5, 5.41) is 13.5. The number of phenols is 1. The van der Waals surface area contributed by atoms with Crippen LogP contribution in [-0.4, -0.2) is 15.2 Å². The minimum Gasteiger partial charge on any atom is -0.508 e. The van der Waals surface area contributed by atoms with E-state index < -0.39 is 0 Å². The van der Waals surface area contributed by atoms with Gasteiger partial charge in [0.05, 0.1) is 6.42 Å². The zero-order chi connectivity index (χ0) is 11.5. The molecule has 0 aliphatic carbocycles. The molecule has 0 spiro atoms. The average molecular weight is 218 g/mol. The topological polar surface area (TPSA) is 59.2 Å². The van der Waals surface area contributed by atoms with Gasteiger partial charge in [-0.1, -0.05) is 37.2 Å². The highest BCUT2D eigenvalue weighted by Crippen LogP contribution is 2.19. The number of hydrogen-bond acceptors (Lipinski definition) is 4. The molecule has 1 aromatic carbocycles. The first kappa shape index (κ1) is 10.7. The Hall–Kier alpha value is -1.84. The van der Waals surface area contributed by atoms with E-state index in [1.165, 1.54) is 0 Å². The maximum Gasteiger partial charge on any atom is 0.231 e. The zero-order valence-corrected chi connectivity index (χ0v) is 9.34. The number of aromatic hydroxyl groups is 1. The smallest absolute Gasteiger partial charge is 0.231 e. The van der Waals surface area contributed by atoms with E-state index in [1.54, 1.807) is 12.1 Å². The largest absolute Gasteiger partial charge is 0.508 e. The van der Waals surface area contributed by atoms with Crippen LogP contribution in [-0.2, 0) is 6.42 Å². The molecule has 2 rings (SSSR count). The number of hydrogen-bond donors (Lipinski definition) is 1. The van der Waals surface area contributed by atoms with Crippen LogP contribution in [0.3, 0.4) is 0 Å². The number of benzene rings is 1. The van der Waals surface area contributed by atoms with Gasteiger partial charge in [-0.25, -0.2) is 0 Å². The summed E-state index contributed by atoms with van der Waals surface area (Å²) < 4.78 is 5.11. The van der Waals surface area contributed by atoms with E-state index in [-0.39, 0.29) is 11.7 Å². The molecule has 1 heterocycles. The van der Waals surface area contributed by atoms with Crippen molar-refractivity contribution in [1.29, 1.82) is 0 Å². The van der Waals surface area contributed by atoms with Gasteiger partial charge in [-0.15, -0.1) is 0 Å². The summed E-state index contributed by atoms with van der Waals surface area (Å²) in [6, 6.07) is 7.14. The SMILES string of the molecule is CC(C)c1noc(Cc2ccccc2O)n1. The molecule has 0 atom stereocenters. The zero-order valence-electron chi connectivity index (χ0n) is 9.34. The van der Waals surface area contributed by atoms with Gasteiger partial charge in [-0.2, -0.15) is 4.98 Å². The third-order valence-corrected chi connectivity index (χ3v) is 2.33. The lowest BCUT2D eigenvalue weighted by molar-refractivity contribution is 0.375. The number of phenolic OH excluding ortho intramolecular Hbond substituents is 1. The van der Waals surface area contributed by atoms with E-state index in [4.69, 9.17) is 4.52 Å². The van der Waals surface area contributed by atoms with Crippen molar-refractivity contribution in [2.24, 2.45) is 0 Å². The second kappa shape index (κ2) is 4.35. The molecule has 4 nitrogen and oxygen atoms in total. The second-order valence-corrected chi connectivity index (χ2v) is 4.01. The molecule has 2 aromatic rings. The minimum atomic E-state index is 0.252. The van der Waals surface area contributed by atoms with Crippen molar-refractivity contribution in [2.45, 2.75) is 26.2 Å². The number of nitrogens with zero attached hydrogens (tertiary/aromatic N) is 2. The fourth-order valence-electron chi connectivity index (χ4n) is 1.40. The molecule has 0 aliphatic rings. The van der Waals surface area contributed by atoms with Crippen molar-refractivity contribution in [1.82, 2.24) is 10.1 Å². The Morgan fingerprint density at radius 1 is 1.31 bits per heavy atom. The number of rotatable bonds is 3. The Labute approximate surface area is 93.9 Å². The Balaban J connectivity index is 2.18. The third-order valence-electron chi connectivity index (χ3n) is 2.33. The summed E-state index contributed by atoms with van der Waals surface area (Å²) in [6.45, 7) is 4.02. The van der Waals surface area contributed by atoms with Crippen LogP contribution in [0.25, 0.3) is 0 Å². The predicted octanol–water partition coefficient (Wildman–Crippen LogP) is 2.49. The molecule has 0 unspecified atom stereocenters. The highest BCUT2D eigenvalue weighted by molar-refractivity contribution is 5.33. The van der Waals surface area contributed by atoms with Crippen molar-refractivity contribution >= 4 is 0 Å². The van der Waals surface area contributed by atoms with Gasteiger partial charge in [0, 0.05) is 11.5 Å². The van der Waals surface area contributed by atoms with Crippen LogP contribution in [0, 0.1) is 0 Å². The molecule has 16 heavy (non-hydrogen) atoms. The third kappa shape index (κ3) is 2.21. The van der Waals surface area contributed by atoms with E-state index in [0.29, 0.717) is 18.1 Å². The monoisotopic (exact) mass is 218 g/mol. The molecule has 1 aromatic heterocycles. The molecule has 0 radical (unpaired) electrons. The van der Waals surface area contributed by atoms with E-state index in [0.717, 1.165) is 5.56 Å². The highest BCUT2D eigenvalue weighted by atomic mass is 16.5. The molecule has 0 bridgehead atoms. The molecular weight excluding hydrogens is 204 g/mol. The molecule has 0 saturated heterocycles. The van der Waals surface area contributed by atoms with Crippen LogP contribution < -0.4 is 0 Å². The van der Waals surface area contributed by atoms with Crippen molar-refractivity contribution in [3.8, 4) is 5.75 Å². The molecule has 0 fully saturated rings. The van der Waals surface area contributed by atoms with Gasteiger partial charge in [-0.3, -0.25) is 0 Å². The Morgan fingerprint density at radius 2 is 2.06 bits per heavy atom. The molecule has 0 saturated carbocycles. The van der Waals surface area contributed by atoms with Crippen LogP contribution in [0.15, 0.2) is 28.8 Å². The van der Waals surface area contributed by atoms with Crippen LogP contribution in [0.4, 0.5) is 0 Å². The van der Waals surface area contributed by atoms with Crippen molar-refractivity contribution in [2.75, 3.05) is 0 Å². The maximum absolute atomic E-state index is 9.60. The summed E-state index contributed by atoms with van der Waals surface area (Å²) in [5.74, 6) is 1.74. The molecule has 0 amide bonds. The predicted molar refractivity (Wildman–Crippen MR) is 59.3 cm³/mol. The minimum absolute atomic E-state index is 0.252. The lowest BCUT2D eigenvalue weighted by Gasteiger charge is -1.99. The summed E-state index contributed by atoms with van der Waals surface area (Å²) >= 11 is 0. The van der Waals surface area contributed by atoms with E-state index in [9.17, 15) is 5.11 Å². The Morgan fingerprint density at radius 3 is 2.69 bits per heavy atom. The van der Waals surface area contributed by atoms with Gasteiger partial charge in [0.2, 0.25) is 5.89 Å². The lowest BCUT2D eigenvalue weighted by atomic mass is 10.1. The standard InChI is InChI=1S/C12H14N2O2/c1-8(2)12-13-11(16-14-12)7-9-5-3-4-6-10(9)15/h3-6,8,15H,7H2,1-2H3. The average Bonchev–Trinajstić information content (AvgIpc) is 2.70. The summed E-state index contributed by atoms with van der Waals surface area (Å²) in [7, 11) is 0. The molecule has 84 valence electrons. The van der Waals surface area contributed by atoms with Crippen LogP contribution in [0.5, 0.6) is 5.75 Å². The fraction of sp³-hybridized carbons (Fsp3) is 0.333. The summed E-state index contributed by atoms with van der Waals surface area (Å²) in [5.41, 5.74) is 0.793. The number of aromatic nitrogens is 2. The highest BCUT2D eigenvalue weighted by Gasteiger charge is 2.11. The van der Waals surface area contributed by atoms with Crippen molar-refractivity contribution < 1.29 is 9.63 Å². The fourth-order valence-corrected chi connectivity index (χ4v) is 1.40. The van der Waals surface area contributed by atoms with Crippen LogP contribution in [0.1, 0.15) is 37.0 Å².